The molecule has 0 aliphatic rings. The highest BCUT2D eigenvalue weighted by atomic mass is 14.2. The molecule has 0 aliphatic heterocycles. The van der Waals surface area contributed by atoms with Gasteiger partial charge in [0.1, 0.15) is 0 Å². The lowest BCUT2D eigenvalue weighted by atomic mass is 9.83. The first-order valence-electron chi connectivity index (χ1n) is 9.45. The van der Waals surface area contributed by atoms with E-state index in [9.17, 15) is 0 Å². The van der Waals surface area contributed by atoms with E-state index >= 15 is 0 Å². The minimum absolute atomic E-state index is 0.732. The molecule has 2 aromatic carbocycles. The minimum atomic E-state index is 0.732. The maximum Gasteiger partial charge on any atom is -0.0242 e. The van der Waals surface area contributed by atoms with Crippen LogP contribution in [-0.2, 0) is 12.8 Å². The molecule has 0 bridgehead atoms. The summed E-state index contributed by atoms with van der Waals surface area (Å²) in [5.41, 5.74) is 11.8. The molecule has 0 heterocycles. The molecule has 2 rings (SSSR count). The molecule has 0 fully saturated rings. The predicted molar refractivity (Wildman–Crippen MR) is 107 cm³/mol. The Balaban J connectivity index is 2.28. The molecule has 0 aromatic heterocycles. The highest BCUT2D eigenvalue weighted by molar-refractivity contribution is 5.40. The van der Waals surface area contributed by atoms with Crippen LogP contribution in [0.25, 0.3) is 0 Å². The zero-order valence-electron chi connectivity index (χ0n) is 16.7. The molecule has 130 valence electrons. The van der Waals surface area contributed by atoms with Gasteiger partial charge in [-0.15, -0.1) is 0 Å². The first kappa shape index (κ1) is 18.8. The van der Waals surface area contributed by atoms with Crippen molar-refractivity contribution in [3.8, 4) is 0 Å². The molecule has 2 aromatic rings. The first-order valence-corrected chi connectivity index (χ1v) is 9.45. The Labute approximate surface area is 149 Å². The van der Waals surface area contributed by atoms with Crippen molar-refractivity contribution >= 4 is 0 Å². The maximum absolute atomic E-state index is 2.34. The molecule has 0 spiro atoms. The largest absolute Gasteiger partial charge is 0.0654 e. The minimum Gasteiger partial charge on any atom is -0.0654 e. The molecular formula is C24H34. The van der Waals surface area contributed by atoms with Gasteiger partial charge >= 0.3 is 0 Å². The zero-order chi connectivity index (χ0) is 17.9. The molecular weight excluding hydrogens is 288 g/mol. The Morgan fingerprint density at radius 1 is 0.625 bits per heavy atom. The summed E-state index contributed by atoms with van der Waals surface area (Å²) in [6.07, 6.45) is 4.98. The Kier molecular flexibility index (Phi) is 6.27. The molecule has 0 radical (unpaired) electrons. The highest BCUT2D eigenvalue weighted by Crippen LogP contribution is 2.27. The van der Waals surface area contributed by atoms with Crippen molar-refractivity contribution in [3.63, 3.8) is 0 Å². The van der Waals surface area contributed by atoms with E-state index in [-0.39, 0.29) is 0 Å². The van der Waals surface area contributed by atoms with E-state index in [1.54, 1.807) is 11.1 Å². The number of rotatable bonds is 6. The summed E-state index contributed by atoms with van der Waals surface area (Å²) >= 11 is 0. The van der Waals surface area contributed by atoms with Crippen LogP contribution in [0.2, 0.25) is 0 Å². The summed E-state index contributed by atoms with van der Waals surface area (Å²) in [6.45, 7) is 15.8. The lowest BCUT2D eigenvalue weighted by Crippen LogP contribution is -2.12. The van der Waals surface area contributed by atoms with Crippen molar-refractivity contribution < 1.29 is 0 Å². The van der Waals surface area contributed by atoms with E-state index in [0.29, 0.717) is 0 Å². The fourth-order valence-electron chi connectivity index (χ4n) is 4.33. The Hall–Kier alpha value is -1.56. The highest BCUT2D eigenvalue weighted by Gasteiger charge is 2.16. The second-order valence-electron chi connectivity index (χ2n) is 7.82. The van der Waals surface area contributed by atoms with Gasteiger partial charge in [0.15, 0.2) is 0 Å². The number of hydrogen-bond acceptors (Lipinski definition) is 0. The van der Waals surface area contributed by atoms with Crippen LogP contribution in [0.4, 0.5) is 0 Å². The third-order valence-corrected chi connectivity index (χ3v) is 5.36. The van der Waals surface area contributed by atoms with Crippen molar-refractivity contribution in [2.45, 2.75) is 74.1 Å². The van der Waals surface area contributed by atoms with Crippen LogP contribution in [0.3, 0.4) is 0 Å². The fraction of sp³-hybridized carbons (Fsp3) is 0.500. The van der Waals surface area contributed by atoms with Gasteiger partial charge in [-0.05, 0) is 93.7 Å². The Morgan fingerprint density at radius 3 is 1.25 bits per heavy atom. The van der Waals surface area contributed by atoms with Gasteiger partial charge in [0.05, 0.1) is 0 Å². The second kappa shape index (κ2) is 8.01. The van der Waals surface area contributed by atoms with Crippen LogP contribution in [0, 0.1) is 47.5 Å². The summed E-state index contributed by atoms with van der Waals surface area (Å²) in [4.78, 5) is 0. The SMILES string of the molecule is CCCC(Cc1c(C)cc(C)cc1C)Cc1c(C)cc(C)cc1C. The first-order chi connectivity index (χ1) is 11.3. The summed E-state index contributed by atoms with van der Waals surface area (Å²) in [5.74, 6) is 0.732. The molecule has 0 atom stereocenters. The normalized spacial score (nSPS) is 11.3. The summed E-state index contributed by atoms with van der Waals surface area (Å²) in [5, 5.41) is 0. The van der Waals surface area contributed by atoms with E-state index in [1.807, 2.05) is 0 Å². The van der Waals surface area contributed by atoms with Crippen molar-refractivity contribution in [2.24, 2.45) is 5.92 Å². The molecule has 0 saturated carbocycles. The van der Waals surface area contributed by atoms with E-state index in [0.717, 1.165) is 5.92 Å². The summed E-state index contributed by atoms with van der Waals surface area (Å²) in [7, 11) is 0. The van der Waals surface area contributed by atoms with E-state index in [4.69, 9.17) is 0 Å². The molecule has 0 amide bonds. The van der Waals surface area contributed by atoms with Gasteiger partial charge in [0.2, 0.25) is 0 Å². The van der Waals surface area contributed by atoms with Crippen LogP contribution in [0.15, 0.2) is 24.3 Å². The topological polar surface area (TPSA) is 0 Å². The number of aryl methyl sites for hydroxylation is 6. The monoisotopic (exact) mass is 322 g/mol. The van der Waals surface area contributed by atoms with Crippen molar-refractivity contribution in [3.05, 3.63) is 68.8 Å². The molecule has 0 unspecified atom stereocenters. The number of hydrogen-bond donors (Lipinski definition) is 0. The standard InChI is InChI=1S/C24H34/c1-8-9-22(14-23-18(4)10-16(2)11-19(23)5)15-24-20(6)12-17(3)13-21(24)7/h10-13,22H,8-9,14-15H2,1-7H3. The lowest BCUT2D eigenvalue weighted by Gasteiger charge is -2.22. The Bertz CT molecular complexity index is 600. The average Bonchev–Trinajstić information content (AvgIpc) is 2.46. The third-order valence-electron chi connectivity index (χ3n) is 5.36. The van der Waals surface area contributed by atoms with Crippen LogP contribution in [-0.4, -0.2) is 0 Å². The van der Waals surface area contributed by atoms with Gasteiger partial charge in [-0.2, -0.15) is 0 Å². The summed E-state index contributed by atoms with van der Waals surface area (Å²) < 4.78 is 0. The second-order valence-corrected chi connectivity index (χ2v) is 7.82. The van der Waals surface area contributed by atoms with Gasteiger partial charge in [0, 0.05) is 0 Å². The lowest BCUT2D eigenvalue weighted by molar-refractivity contribution is 0.470. The molecule has 0 heteroatoms. The zero-order valence-corrected chi connectivity index (χ0v) is 16.7. The van der Waals surface area contributed by atoms with Gasteiger partial charge in [-0.25, -0.2) is 0 Å². The van der Waals surface area contributed by atoms with Crippen LogP contribution in [0.1, 0.15) is 64.3 Å². The van der Waals surface area contributed by atoms with Crippen molar-refractivity contribution in [1.82, 2.24) is 0 Å². The van der Waals surface area contributed by atoms with Crippen molar-refractivity contribution in [1.29, 1.82) is 0 Å². The van der Waals surface area contributed by atoms with E-state index in [2.05, 4.69) is 72.7 Å². The van der Waals surface area contributed by atoms with E-state index < -0.39 is 0 Å². The van der Waals surface area contributed by atoms with Gasteiger partial charge < -0.3 is 0 Å². The summed E-state index contributed by atoms with van der Waals surface area (Å²) in [6, 6.07) is 9.36. The quantitative estimate of drug-likeness (QED) is 0.552. The number of benzene rings is 2. The predicted octanol–water partition coefficient (Wildman–Crippen LogP) is 6.74. The van der Waals surface area contributed by atoms with E-state index in [1.165, 1.54) is 59.1 Å². The maximum atomic E-state index is 2.34. The smallest absolute Gasteiger partial charge is 0.0242 e. The van der Waals surface area contributed by atoms with Gasteiger partial charge in [0.25, 0.3) is 0 Å². The van der Waals surface area contributed by atoms with Crippen molar-refractivity contribution in [2.75, 3.05) is 0 Å². The molecule has 0 N–H and O–H groups in total. The molecule has 0 saturated heterocycles. The van der Waals surface area contributed by atoms with Crippen LogP contribution >= 0.6 is 0 Å². The molecule has 0 aliphatic carbocycles. The Morgan fingerprint density at radius 2 is 0.958 bits per heavy atom. The van der Waals surface area contributed by atoms with Gasteiger partial charge in [-0.3, -0.25) is 0 Å². The van der Waals surface area contributed by atoms with Crippen LogP contribution < -0.4 is 0 Å². The third kappa shape index (κ3) is 4.50. The molecule has 24 heavy (non-hydrogen) atoms. The van der Waals surface area contributed by atoms with Crippen LogP contribution in [0.5, 0.6) is 0 Å². The van der Waals surface area contributed by atoms with Gasteiger partial charge in [-0.1, -0.05) is 55.2 Å². The fourth-order valence-corrected chi connectivity index (χ4v) is 4.33. The average molecular weight is 323 g/mol. The molecule has 0 nitrogen and oxygen atoms in total.